The fourth-order valence-corrected chi connectivity index (χ4v) is 4.77. The summed E-state index contributed by atoms with van der Waals surface area (Å²) >= 11 is 3.10. The molecule has 0 fully saturated rings. The Hall–Kier alpha value is -2.90. The van der Waals surface area contributed by atoms with E-state index >= 15 is 0 Å². The predicted octanol–water partition coefficient (Wildman–Crippen LogP) is 5.01. The number of nitrogens with zero attached hydrogens (tertiary/aromatic N) is 3. The average Bonchev–Trinajstić information content (AvgIpc) is 3.24. The first kappa shape index (κ1) is 19.4. The lowest BCUT2D eigenvalue weighted by molar-refractivity contribution is 0.415. The molecule has 0 saturated heterocycles. The number of allylic oxidation sites excluding steroid dienone is 1. The quantitative estimate of drug-likeness (QED) is 0.239. The van der Waals surface area contributed by atoms with E-state index in [1.54, 1.807) is 35.2 Å². The molecule has 5 nitrogen and oxygen atoms in total. The van der Waals surface area contributed by atoms with Gasteiger partial charge in [-0.05, 0) is 24.3 Å². The number of aromatic nitrogens is 3. The highest BCUT2D eigenvalue weighted by atomic mass is 32.2. The highest BCUT2D eigenvalue weighted by Crippen LogP contribution is 2.29. The van der Waals surface area contributed by atoms with Gasteiger partial charge in [0, 0.05) is 23.2 Å². The predicted molar refractivity (Wildman–Crippen MR) is 120 cm³/mol. The van der Waals surface area contributed by atoms with Gasteiger partial charge < -0.3 is 4.74 Å². The summed E-state index contributed by atoms with van der Waals surface area (Å²) in [4.78, 5) is 22.3. The third-order valence-corrected chi connectivity index (χ3v) is 6.31. The fraction of sp³-hybridized carbons (Fsp3) is 0.136. The number of rotatable bonds is 7. The molecular formula is C22H19N3O2S2. The number of benzene rings is 2. The van der Waals surface area contributed by atoms with Crippen LogP contribution >= 0.6 is 23.1 Å². The molecule has 0 N–H and O–H groups in total. The maximum atomic E-state index is 12.8. The molecule has 0 saturated carbocycles. The number of fused-ring (bicyclic) bond motifs is 1. The van der Waals surface area contributed by atoms with Crippen molar-refractivity contribution >= 4 is 34.0 Å². The van der Waals surface area contributed by atoms with E-state index in [-0.39, 0.29) is 5.56 Å². The topological polar surface area (TPSA) is 57.0 Å². The van der Waals surface area contributed by atoms with E-state index < -0.39 is 0 Å². The Labute approximate surface area is 176 Å². The van der Waals surface area contributed by atoms with Crippen LogP contribution in [0.15, 0.2) is 76.5 Å². The van der Waals surface area contributed by atoms with Crippen molar-refractivity contribution < 1.29 is 4.74 Å². The zero-order valence-corrected chi connectivity index (χ0v) is 17.5. The Morgan fingerprint density at radius 1 is 1.21 bits per heavy atom. The van der Waals surface area contributed by atoms with Crippen LogP contribution in [0.25, 0.3) is 21.5 Å². The van der Waals surface area contributed by atoms with E-state index in [4.69, 9.17) is 14.7 Å². The lowest BCUT2D eigenvalue weighted by Crippen LogP contribution is -2.22. The second-order valence-electron chi connectivity index (χ2n) is 6.28. The maximum Gasteiger partial charge on any atom is 0.262 e. The van der Waals surface area contributed by atoms with Crippen LogP contribution < -0.4 is 10.3 Å². The molecule has 2 aromatic carbocycles. The van der Waals surface area contributed by atoms with Crippen LogP contribution in [0.4, 0.5) is 0 Å². The van der Waals surface area contributed by atoms with E-state index in [0.717, 1.165) is 22.0 Å². The van der Waals surface area contributed by atoms with Crippen molar-refractivity contribution in [1.82, 2.24) is 14.5 Å². The zero-order valence-electron chi connectivity index (χ0n) is 15.9. The van der Waals surface area contributed by atoms with Crippen molar-refractivity contribution in [3.63, 3.8) is 0 Å². The van der Waals surface area contributed by atoms with Gasteiger partial charge in [0.2, 0.25) is 0 Å². The van der Waals surface area contributed by atoms with Crippen molar-refractivity contribution in [3.8, 4) is 16.3 Å². The molecule has 0 spiro atoms. The first-order valence-electron chi connectivity index (χ1n) is 9.01. The molecule has 7 heteroatoms. The van der Waals surface area contributed by atoms with Crippen LogP contribution in [-0.2, 0) is 12.3 Å². The van der Waals surface area contributed by atoms with Crippen molar-refractivity contribution in [3.05, 3.63) is 82.6 Å². The number of thioether (sulfide) groups is 1. The van der Waals surface area contributed by atoms with E-state index in [2.05, 4.69) is 6.58 Å². The van der Waals surface area contributed by atoms with Crippen LogP contribution in [0.1, 0.15) is 5.69 Å². The first-order valence-corrected chi connectivity index (χ1v) is 10.9. The highest BCUT2D eigenvalue weighted by Gasteiger charge is 2.12. The molecule has 0 unspecified atom stereocenters. The van der Waals surface area contributed by atoms with Gasteiger partial charge in [-0.25, -0.2) is 9.97 Å². The average molecular weight is 422 g/mol. The Balaban J connectivity index is 1.60. The molecule has 0 aliphatic heterocycles. The van der Waals surface area contributed by atoms with Gasteiger partial charge in [0.25, 0.3) is 5.56 Å². The standard InChI is InChI=1S/C22H19N3O2S2/c1-3-11-25-21(26)18-9-4-5-10-19(18)24-22(25)29-14-16-13-28-20(23-16)15-7-6-8-17(12-15)27-2/h3-10,12-13H,1,11,14H2,2H3. The summed E-state index contributed by atoms with van der Waals surface area (Å²) in [6.07, 6.45) is 1.71. The normalized spacial score (nSPS) is 10.9. The lowest BCUT2D eigenvalue weighted by Gasteiger charge is -2.10. The van der Waals surface area contributed by atoms with Crippen molar-refractivity contribution in [2.75, 3.05) is 7.11 Å². The van der Waals surface area contributed by atoms with Gasteiger partial charge in [0.05, 0.1) is 23.7 Å². The van der Waals surface area contributed by atoms with E-state index in [9.17, 15) is 4.79 Å². The van der Waals surface area contributed by atoms with Gasteiger partial charge in [-0.2, -0.15) is 0 Å². The molecule has 0 aliphatic rings. The third kappa shape index (κ3) is 4.11. The zero-order chi connectivity index (χ0) is 20.2. The molecule has 146 valence electrons. The van der Waals surface area contributed by atoms with Gasteiger partial charge in [-0.15, -0.1) is 17.9 Å². The second-order valence-corrected chi connectivity index (χ2v) is 8.08. The van der Waals surface area contributed by atoms with E-state index in [0.29, 0.717) is 28.4 Å². The van der Waals surface area contributed by atoms with Gasteiger partial charge in [0.15, 0.2) is 5.16 Å². The van der Waals surface area contributed by atoms with Crippen LogP contribution in [0, 0.1) is 0 Å². The molecule has 0 aliphatic carbocycles. The minimum Gasteiger partial charge on any atom is -0.497 e. The van der Waals surface area contributed by atoms with Crippen LogP contribution in [-0.4, -0.2) is 21.6 Å². The molecule has 29 heavy (non-hydrogen) atoms. The summed E-state index contributed by atoms with van der Waals surface area (Å²) in [5, 5.41) is 4.27. The Morgan fingerprint density at radius 3 is 2.90 bits per heavy atom. The smallest absolute Gasteiger partial charge is 0.262 e. The SMILES string of the molecule is C=CCn1c(SCc2csc(-c3cccc(OC)c3)n2)nc2ccccc2c1=O. The molecule has 0 bridgehead atoms. The monoisotopic (exact) mass is 421 g/mol. The Bertz CT molecular complexity index is 1230. The molecule has 2 aromatic heterocycles. The van der Waals surface area contributed by atoms with E-state index in [1.807, 2.05) is 47.8 Å². The summed E-state index contributed by atoms with van der Waals surface area (Å²) in [5.41, 5.74) is 2.63. The fourth-order valence-electron chi connectivity index (χ4n) is 2.95. The third-order valence-electron chi connectivity index (χ3n) is 4.36. The molecule has 2 heterocycles. The lowest BCUT2D eigenvalue weighted by atomic mass is 10.2. The first-order chi connectivity index (χ1) is 14.2. The van der Waals surface area contributed by atoms with Crippen molar-refractivity contribution in [2.45, 2.75) is 17.5 Å². The number of hydrogen-bond acceptors (Lipinski definition) is 6. The summed E-state index contributed by atoms with van der Waals surface area (Å²) in [7, 11) is 1.66. The molecule has 0 radical (unpaired) electrons. The van der Waals surface area contributed by atoms with Crippen LogP contribution in [0.2, 0.25) is 0 Å². The number of hydrogen-bond donors (Lipinski definition) is 0. The Kier molecular flexibility index (Phi) is 5.78. The van der Waals surface area contributed by atoms with Crippen molar-refractivity contribution in [1.29, 1.82) is 0 Å². The maximum absolute atomic E-state index is 12.8. The number of para-hydroxylation sites is 1. The van der Waals surface area contributed by atoms with Gasteiger partial charge in [0.1, 0.15) is 10.8 Å². The largest absolute Gasteiger partial charge is 0.497 e. The second kappa shape index (κ2) is 8.63. The molecule has 4 aromatic rings. The number of thiazole rings is 1. The number of ether oxygens (including phenoxy) is 1. The summed E-state index contributed by atoms with van der Waals surface area (Å²) in [6.45, 7) is 4.19. The summed E-state index contributed by atoms with van der Waals surface area (Å²) in [6, 6.07) is 15.3. The molecule has 0 atom stereocenters. The summed E-state index contributed by atoms with van der Waals surface area (Å²) in [5.74, 6) is 1.44. The number of methoxy groups -OCH3 is 1. The minimum absolute atomic E-state index is 0.0478. The van der Waals surface area contributed by atoms with Crippen LogP contribution in [0.5, 0.6) is 5.75 Å². The van der Waals surface area contributed by atoms with Gasteiger partial charge in [-0.3, -0.25) is 9.36 Å². The van der Waals surface area contributed by atoms with Crippen LogP contribution in [0.3, 0.4) is 0 Å². The van der Waals surface area contributed by atoms with Gasteiger partial charge >= 0.3 is 0 Å². The van der Waals surface area contributed by atoms with Gasteiger partial charge in [-0.1, -0.05) is 42.1 Å². The van der Waals surface area contributed by atoms with Crippen molar-refractivity contribution in [2.24, 2.45) is 0 Å². The minimum atomic E-state index is -0.0478. The highest BCUT2D eigenvalue weighted by molar-refractivity contribution is 7.98. The van der Waals surface area contributed by atoms with E-state index in [1.165, 1.54) is 11.8 Å². The molecule has 4 rings (SSSR count). The summed E-state index contributed by atoms with van der Waals surface area (Å²) < 4.78 is 6.96. The molecule has 0 amide bonds. The Morgan fingerprint density at radius 2 is 2.07 bits per heavy atom. The molecular weight excluding hydrogens is 402 g/mol.